The molecule has 1 aromatic carbocycles. The van der Waals surface area contributed by atoms with E-state index in [9.17, 15) is 9.00 Å². The number of hydrogen-bond acceptors (Lipinski definition) is 2. The van der Waals surface area contributed by atoms with E-state index in [1.54, 1.807) is 12.1 Å². The molecule has 0 amide bonds. The number of carboxylic acids is 1. The van der Waals surface area contributed by atoms with Crippen LogP contribution in [0.5, 0.6) is 0 Å². The van der Waals surface area contributed by atoms with E-state index in [0.29, 0.717) is 10.8 Å². The molecule has 0 spiro atoms. The fourth-order valence-corrected chi connectivity index (χ4v) is 2.03. The lowest BCUT2D eigenvalue weighted by Crippen LogP contribution is -2.09. The average molecular weight is 226 g/mol. The second-order valence-electron chi connectivity index (χ2n) is 3.61. The molecule has 1 rings (SSSR count). The zero-order valence-electron chi connectivity index (χ0n) is 8.77. The van der Waals surface area contributed by atoms with Gasteiger partial charge in [-0.25, -0.2) is 0 Å². The molecule has 0 radical (unpaired) electrons. The van der Waals surface area contributed by atoms with Crippen molar-refractivity contribution in [3.8, 4) is 0 Å². The predicted molar refractivity (Wildman–Crippen MR) is 59.4 cm³/mol. The van der Waals surface area contributed by atoms with Gasteiger partial charge in [0.15, 0.2) is 0 Å². The maximum Gasteiger partial charge on any atom is 0.316 e. The SMILES string of the molecule is CC(C)c1ccc(S(=O)CC(=O)O)cc1. The third-order valence-corrected chi connectivity index (χ3v) is 3.37. The van der Waals surface area contributed by atoms with Crippen molar-refractivity contribution in [2.45, 2.75) is 24.7 Å². The first-order valence-electron chi connectivity index (χ1n) is 4.71. The quantitative estimate of drug-likeness (QED) is 0.854. The van der Waals surface area contributed by atoms with Crippen LogP contribution in [0, 0.1) is 0 Å². The van der Waals surface area contributed by atoms with Crippen LogP contribution in [0.2, 0.25) is 0 Å². The molecule has 82 valence electrons. The Hall–Kier alpha value is -1.16. The van der Waals surface area contributed by atoms with E-state index in [4.69, 9.17) is 5.11 Å². The van der Waals surface area contributed by atoms with E-state index < -0.39 is 16.8 Å². The van der Waals surface area contributed by atoms with Crippen molar-refractivity contribution in [2.75, 3.05) is 5.75 Å². The third-order valence-electron chi connectivity index (χ3n) is 2.06. The maximum absolute atomic E-state index is 11.5. The summed E-state index contributed by atoms with van der Waals surface area (Å²) in [4.78, 5) is 10.9. The standard InChI is InChI=1S/C11H14O3S/c1-8(2)9-3-5-10(6-4-9)15(14)7-11(12)13/h3-6,8H,7H2,1-2H3,(H,12,13). The molecular formula is C11H14O3S. The molecule has 0 saturated carbocycles. The van der Waals surface area contributed by atoms with Crippen LogP contribution in [0.15, 0.2) is 29.2 Å². The minimum Gasteiger partial charge on any atom is -0.481 e. The Balaban J connectivity index is 2.80. The minimum absolute atomic E-state index is 0.332. The number of benzene rings is 1. The third kappa shape index (κ3) is 3.47. The predicted octanol–water partition coefficient (Wildman–Crippen LogP) is 2.00. The molecule has 1 atom stereocenters. The van der Waals surface area contributed by atoms with Gasteiger partial charge in [0.25, 0.3) is 0 Å². The highest BCUT2D eigenvalue weighted by molar-refractivity contribution is 7.85. The summed E-state index contributed by atoms with van der Waals surface area (Å²) in [5.41, 5.74) is 1.16. The van der Waals surface area contributed by atoms with Crippen molar-refractivity contribution < 1.29 is 14.1 Å². The number of rotatable bonds is 4. The van der Waals surface area contributed by atoms with E-state index in [1.165, 1.54) is 0 Å². The highest BCUT2D eigenvalue weighted by Crippen LogP contribution is 2.16. The Morgan fingerprint density at radius 1 is 1.33 bits per heavy atom. The van der Waals surface area contributed by atoms with Gasteiger partial charge in [-0.05, 0) is 23.6 Å². The first-order chi connectivity index (χ1) is 7.00. The van der Waals surface area contributed by atoms with Crippen LogP contribution in [0.4, 0.5) is 0 Å². The van der Waals surface area contributed by atoms with E-state index in [2.05, 4.69) is 13.8 Å². The Morgan fingerprint density at radius 2 is 1.87 bits per heavy atom. The molecule has 1 unspecified atom stereocenters. The Labute approximate surface area is 91.6 Å². The summed E-state index contributed by atoms with van der Waals surface area (Å²) in [5, 5.41) is 8.49. The Bertz CT molecular complexity index is 368. The first kappa shape index (κ1) is 11.9. The molecule has 0 aliphatic rings. The summed E-state index contributed by atoms with van der Waals surface area (Å²) in [7, 11) is -1.43. The molecule has 3 nitrogen and oxygen atoms in total. The van der Waals surface area contributed by atoms with Gasteiger partial charge in [0, 0.05) is 4.90 Å². The fraction of sp³-hybridized carbons (Fsp3) is 0.364. The Morgan fingerprint density at radius 3 is 2.27 bits per heavy atom. The van der Waals surface area contributed by atoms with Crippen LogP contribution in [0.3, 0.4) is 0 Å². The van der Waals surface area contributed by atoms with E-state index in [0.717, 1.165) is 5.56 Å². The van der Waals surface area contributed by atoms with Gasteiger partial charge in [-0.15, -0.1) is 0 Å². The molecule has 0 aliphatic heterocycles. The van der Waals surface area contributed by atoms with Crippen LogP contribution in [-0.2, 0) is 15.6 Å². The number of carboxylic acid groups (broad SMARTS) is 1. The lowest BCUT2D eigenvalue weighted by molar-refractivity contribution is -0.133. The van der Waals surface area contributed by atoms with Gasteiger partial charge in [-0.3, -0.25) is 9.00 Å². The van der Waals surface area contributed by atoms with E-state index in [-0.39, 0.29) is 5.75 Å². The fourth-order valence-electron chi connectivity index (χ4n) is 1.20. The topological polar surface area (TPSA) is 54.4 Å². The van der Waals surface area contributed by atoms with E-state index in [1.807, 2.05) is 12.1 Å². The lowest BCUT2D eigenvalue weighted by Gasteiger charge is -2.05. The van der Waals surface area contributed by atoms with Gasteiger partial charge in [-0.2, -0.15) is 0 Å². The van der Waals surface area contributed by atoms with E-state index >= 15 is 0 Å². The van der Waals surface area contributed by atoms with Gasteiger partial charge in [0.1, 0.15) is 5.75 Å². The second-order valence-corrected chi connectivity index (χ2v) is 5.06. The van der Waals surface area contributed by atoms with Gasteiger partial charge in [0.2, 0.25) is 0 Å². The molecule has 1 N–H and O–H groups in total. The molecule has 0 saturated heterocycles. The smallest absolute Gasteiger partial charge is 0.316 e. The second kappa shape index (κ2) is 5.07. The molecule has 0 bridgehead atoms. The van der Waals surface area contributed by atoms with Crippen molar-refractivity contribution in [2.24, 2.45) is 0 Å². The minimum atomic E-state index is -1.43. The summed E-state index contributed by atoms with van der Waals surface area (Å²) in [6, 6.07) is 7.24. The lowest BCUT2D eigenvalue weighted by atomic mass is 10.0. The average Bonchev–Trinajstić information content (AvgIpc) is 2.17. The summed E-state index contributed by atoms with van der Waals surface area (Å²) in [6.07, 6.45) is 0. The van der Waals surface area contributed by atoms with Gasteiger partial charge in [-0.1, -0.05) is 26.0 Å². The zero-order chi connectivity index (χ0) is 11.4. The zero-order valence-corrected chi connectivity index (χ0v) is 9.58. The number of aliphatic carboxylic acids is 1. The molecule has 0 fully saturated rings. The van der Waals surface area contributed by atoms with Crippen molar-refractivity contribution in [1.82, 2.24) is 0 Å². The van der Waals surface area contributed by atoms with Gasteiger partial charge < -0.3 is 5.11 Å². The molecule has 4 heteroatoms. The molecule has 0 aliphatic carbocycles. The normalized spacial score (nSPS) is 12.7. The molecular weight excluding hydrogens is 212 g/mol. The van der Waals surface area contributed by atoms with Crippen LogP contribution in [-0.4, -0.2) is 21.0 Å². The first-order valence-corrected chi connectivity index (χ1v) is 6.02. The molecule has 0 aromatic heterocycles. The van der Waals surface area contributed by atoms with Crippen molar-refractivity contribution in [1.29, 1.82) is 0 Å². The summed E-state index contributed by atoms with van der Waals surface area (Å²) in [6.45, 7) is 4.15. The summed E-state index contributed by atoms with van der Waals surface area (Å²) < 4.78 is 11.5. The van der Waals surface area contributed by atoms with Crippen LogP contribution >= 0.6 is 0 Å². The highest BCUT2D eigenvalue weighted by Gasteiger charge is 2.08. The van der Waals surface area contributed by atoms with Crippen molar-refractivity contribution in [3.05, 3.63) is 29.8 Å². The van der Waals surface area contributed by atoms with Crippen LogP contribution in [0.25, 0.3) is 0 Å². The van der Waals surface area contributed by atoms with Crippen molar-refractivity contribution in [3.63, 3.8) is 0 Å². The highest BCUT2D eigenvalue weighted by atomic mass is 32.2. The summed E-state index contributed by atoms with van der Waals surface area (Å²) in [5.74, 6) is -0.950. The molecule has 1 aromatic rings. The monoisotopic (exact) mass is 226 g/mol. The van der Waals surface area contributed by atoms with Crippen LogP contribution < -0.4 is 0 Å². The Kier molecular flexibility index (Phi) is 4.03. The van der Waals surface area contributed by atoms with Crippen molar-refractivity contribution >= 4 is 16.8 Å². The number of hydrogen-bond donors (Lipinski definition) is 1. The van der Waals surface area contributed by atoms with Crippen LogP contribution in [0.1, 0.15) is 25.3 Å². The largest absolute Gasteiger partial charge is 0.481 e. The molecule has 15 heavy (non-hydrogen) atoms. The summed E-state index contributed by atoms with van der Waals surface area (Å²) >= 11 is 0. The van der Waals surface area contributed by atoms with Gasteiger partial charge >= 0.3 is 5.97 Å². The number of carbonyl (C=O) groups is 1. The van der Waals surface area contributed by atoms with Gasteiger partial charge in [0.05, 0.1) is 10.8 Å². The molecule has 0 heterocycles. The maximum atomic E-state index is 11.5.